The van der Waals surface area contributed by atoms with E-state index >= 15 is 0 Å². The molecule has 2 aliphatic carbocycles. The Hall–Kier alpha value is -1.71. The van der Waals surface area contributed by atoms with Gasteiger partial charge in [-0.25, -0.2) is 0 Å². The van der Waals surface area contributed by atoms with E-state index in [0.717, 1.165) is 12.3 Å². The number of fused-ring (bicyclic) bond motifs is 2. The fraction of sp³-hybridized carbons (Fsp3) is 0.500. The van der Waals surface area contributed by atoms with E-state index in [9.17, 15) is 15.0 Å². The molecule has 0 radical (unpaired) electrons. The van der Waals surface area contributed by atoms with E-state index in [2.05, 4.69) is 5.32 Å². The lowest BCUT2D eigenvalue weighted by Gasteiger charge is -2.23. The average Bonchev–Trinajstić information content (AvgIpc) is 2.94. The maximum absolute atomic E-state index is 12.1. The molecular formula is C14H17NO3. The lowest BCUT2D eigenvalue weighted by Crippen LogP contribution is -2.38. The van der Waals surface area contributed by atoms with E-state index in [0.29, 0.717) is 5.92 Å². The van der Waals surface area contributed by atoms with E-state index in [1.165, 1.54) is 31.4 Å². The number of aromatic hydroxyl groups is 2. The second-order valence-electron chi connectivity index (χ2n) is 5.43. The minimum atomic E-state index is -0.335. The van der Waals surface area contributed by atoms with Crippen LogP contribution in [0.4, 0.5) is 0 Å². The molecule has 4 nitrogen and oxygen atoms in total. The van der Waals surface area contributed by atoms with Crippen LogP contribution < -0.4 is 5.32 Å². The molecule has 96 valence electrons. The summed E-state index contributed by atoms with van der Waals surface area (Å²) >= 11 is 0. The van der Waals surface area contributed by atoms with Gasteiger partial charge in [-0.05, 0) is 43.2 Å². The Morgan fingerprint density at radius 3 is 2.72 bits per heavy atom. The van der Waals surface area contributed by atoms with E-state index in [1.807, 2.05) is 0 Å². The number of carbonyl (C=O) groups is 1. The van der Waals surface area contributed by atoms with Crippen LogP contribution in [0.15, 0.2) is 18.2 Å². The number of nitrogens with one attached hydrogen (secondary N) is 1. The second-order valence-corrected chi connectivity index (χ2v) is 5.43. The van der Waals surface area contributed by atoms with Crippen molar-refractivity contribution in [2.75, 3.05) is 0 Å². The zero-order chi connectivity index (χ0) is 12.7. The zero-order valence-electron chi connectivity index (χ0n) is 10.1. The predicted octanol–water partition coefficient (Wildman–Crippen LogP) is 2.02. The van der Waals surface area contributed by atoms with E-state index in [-0.39, 0.29) is 29.0 Å². The lowest BCUT2D eigenvalue weighted by atomic mass is 9.95. The van der Waals surface area contributed by atoms with Crippen molar-refractivity contribution in [1.82, 2.24) is 5.32 Å². The Balaban J connectivity index is 1.73. The first-order valence-corrected chi connectivity index (χ1v) is 6.47. The molecule has 3 unspecified atom stereocenters. The smallest absolute Gasteiger partial charge is 0.255 e. The molecule has 2 fully saturated rings. The first kappa shape index (κ1) is 11.4. The number of phenols is 2. The summed E-state index contributed by atoms with van der Waals surface area (Å²) in [5.74, 6) is 0.478. The Morgan fingerprint density at radius 1 is 1.22 bits per heavy atom. The molecule has 4 heteroatoms. The maximum Gasteiger partial charge on any atom is 0.255 e. The molecule has 2 aliphatic rings. The maximum atomic E-state index is 12.1. The number of phenolic OH excluding ortho intramolecular Hbond substituents is 2. The fourth-order valence-electron chi connectivity index (χ4n) is 3.38. The summed E-state index contributed by atoms with van der Waals surface area (Å²) in [6, 6.07) is 4.68. The first-order valence-electron chi connectivity index (χ1n) is 6.47. The Bertz CT molecular complexity index is 486. The summed E-state index contributed by atoms with van der Waals surface area (Å²) in [6.07, 6.45) is 4.75. The van der Waals surface area contributed by atoms with Crippen molar-refractivity contribution >= 4 is 5.91 Å². The molecule has 3 rings (SSSR count). The van der Waals surface area contributed by atoms with Crippen molar-refractivity contribution in [2.45, 2.75) is 31.7 Å². The van der Waals surface area contributed by atoms with Gasteiger partial charge in [0.05, 0.1) is 5.56 Å². The molecular weight excluding hydrogens is 230 g/mol. The van der Waals surface area contributed by atoms with Gasteiger partial charge in [0.1, 0.15) is 0 Å². The summed E-state index contributed by atoms with van der Waals surface area (Å²) < 4.78 is 0. The van der Waals surface area contributed by atoms with Gasteiger partial charge in [-0.15, -0.1) is 0 Å². The van der Waals surface area contributed by atoms with Crippen molar-refractivity contribution < 1.29 is 15.0 Å². The van der Waals surface area contributed by atoms with Crippen LogP contribution >= 0.6 is 0 Å². The van der Waals surface area contributed by atoms with E-state index in [4.69, 9.17) is 0 Å². The van der Waals surface area contributed by atoms with Gasteiger partial charge in [0.2, 0.25) is 0 Å². The minimum absolute atomic E-state index is 0.151. The number of hydrogen-bond acceptors (Lipinski definition) is 3. The van der Waals surface area contributed by atoms with Crippen LogP contribution in [-0.4, -0.2) is 22.2 Å². The SMILES string of the molecule is O=C(NC1CC2CCC1C2)c1cccc(O)c1O. The number of carbonyl (C=O) groups excluding carboxylic acids is 1. The largest absolute Gasteiger partial charge is 0.504 e. The Morgan fingerprint density at radius 2 is 2.06 bits per heavy atom. The molecule has 2 bridgehead atoms. The number of amides is 1. The highest BCUT2D eigenvalue weighted by Crippen LogP contribution is 2.44. The normalized spacial score (nSPS) is 29.4. The molecule has 0 saturated heterocycles. The van der Waals surface area contributed by atoms with Crippen molar-refractivity contribution in [3.63, 3.8) is 0 Å². The molecule has 1 aromatic rings. The monoisotopic (exact) mass is 247 g/mol. The van der Waals surface area contributed by atoms with Crippen molar-refractivity contribution in [3.8, 4) is 11.5 Å². The summed E-state index contributed by atoms with van der Waals surface area (Å²) in [5, 5.41) is 22.0. The first-order chi connectivity index (χ1) is 8.65. The highest BCUT2D eigenvalue weighted by atomic mass is 16.3. The third-order valence-corrected chi connectivity index (χ3v) is 4.31. The molecule has 3 N–H and O–H groups in total. The van der Waals surface area contributed by atoms with Gasteiger partial charge >= 0.3 is 0 Å². The Kier molecular flexibility index (Phi) is 2.65. The third kappa shape index (κ3) is 1.82. The van der Waals surface area contributed by atoms with Crippen LogP contribution in [0.3, 0.4) is 0 Å². The van der Waals surface area contributed by atoms with Crippen molar-refractivity contribution in [2.24, 2.45) is 11.8 Å². The van der Waals surface area contributed by atoms with Gasteiger partial charge < -0.3 is 15.5 Å². The van der Waals surface area contributed by atoms with Gasteiger partial charge in [-0.2, -0.15) is 0 Å². The topological polar surface area (TPSA) is 69.6 Å². The molecule has 2 saturated carbocycles. The van der Waals surface area contributed by atoms with Crippen LogP contribution in [0, 0.1) is 11.8 Å². The molecule has 0 spiro atoms. The number of rotatable bonds is 2. The van der Waals surface area contributed by atoms with Gasteiger partial charge in [0.25, 0.3) is 5.91 Å². The third-order valence-electron chi connectivity index (χ3n) is 4.31. The minimum Gasteiger partial charge on any atom is -0.504 e. The highest BCUT2D eigenvalue weighted by molar-refractivity contribution is 5.97. The van der Waals surface area contributed by atoms with E-state index < -0.39 is 0 Å². The average molecular weight is 247 g/mol. The van der Waals surface area contributed by atoms with Crippen LogP contribution in [0.5, 0.6) is 11.5 Å². The van der Waals surface area contributed by atoms with Crippen molar-refractivity contribution in [1.29, 1.82) is 0 Å². The summed E-state index contributed by atoms with van der Waals surface area (Å²) in [6.45, 7) is 0. The number of para-hydroxylation sites is 1. The van der Waals surface area contributed by atoms with Gasteiger partial charge in [-0.1, -0.05) is 12.5 Å². The van der Waals surface area contributed by atoms with Crippen LogP contribution in [0.1, 0.15) is 36.0 Å². The van der Waals surface area contributed by atoms with Crippen LogP contribution in [-0.2, 0) is 0 Å². The van der Waals surface area contributed by atoms with Gasteiger partial charge in [-0.3, -0.25) is 4.79 Å². The van der Waals surface area contributed by atoms with Crippen LogP contribution in [0.25, 0.3) is 0 Å². The fourth-order valence-corrected chi connectivity index (χ4v) is 3.38. The van der Waals surface area contributed by atoms with Crippen LogP contribution in [0.2, 0.25) is 0 Å². The molecule has 1 aromatic carbocycles. The number of benzene rings is 1. The number of hydrogen-bond donors (Lipinski definition) is 3. The molecule has 18 heavy (non-hydrogen) atoms. The predicted molar refractivity (Wildman–Crippen MR) is 66.5 cm³/mol. The molecule has 0 heterocycles. The van der Waals surface area contributed by atoms with Crippen molar-refractivity contribution in [3.05, 3.63) is 23.8 Å². The molecule has 0 aliphatic heterocycles. The van der Waals surface area contributed by atoms with E-state index in [1.54, 1.807) is 6.07 Å². The summed E-state index contributed by atoms with van der Waals surface area (Å²) in [5.41, 5.74) is 0.151. The zero-order valence-corrected chi connectivity index (χ0v) is 10.1. The van der Waals surface area contributed by atoms with Gasteiger partial charge in [0, 0.05) is 6.04 Å². The highest BCUT2D eigenvalue weighted by Gasteiger charge is 2.40. The molecule has 0 aromatic heterocycles. The van der Waals surface area contributed by atoms with Gasteiger partial charge in [0.15, 0.2) is 11.5 Å². The molecule has 3 atom stereocenters. The lowest BCUT2D eigenvalue weighted by molar-refractivity contribution is 0.0919. The molecule has 1 amide bonds. The quantitative estimate of drug-likeness (QED) is 0.700. The summed E-state index contributed by atoms with van der Waals surface area (Å²) in [7, 11) is 0. The Labute approximate surface area is 106 Å². The standard InChI is InChI=1S/C14H17NO3/c16-12-3-1-2-10(13(12)17)14(18)15-11-7-8-4-5-9(11)6-8/h1-3,8-9,11,16-17H,4-7H2,(H,15,18). The second kappa shape index (κ2) is 4.19. The summed E-state index contributed by atoms with van der Waals surface area (Å²) in [4.78, 5) is 12.1.